The Morgan fingerprint density at radius 1 is 1.12 bits per heavy atom. The van der Waals surface area contributed by atoms with Gasteiger partial charge in [0.2, 0.25) is 12.0 Å². The van der Waals surface area contributed by atoms with Crippen LogP contribution in [-0.2, 0) is 4.79 Å². The quantitative estimate of drug-likeness (QED) is 0.846. The van der Waals surface area contributed by atoms with E-state index in [4.69, 9.17) is 14.2 Å². The number of piperidine rings is 1. The Hall–Kier alpha value is -2.83. The number of ether oxygens (including phenoxy) is 3. The largest absolute Gasteiger partial charge is 0.485 e. The fourth-order valence-corrected chi connectivity index (χ4v) is 3.06. The summed E-state index contributed by atoms with van der Waals surface area (Å²) in [5.41, 5.74) is 0. The number of rotatable bonds is 3. The fraction of sp³-hybridized carbons (Fsp3) is 0.389. The molecular weight excluding hydrogens is 322 g/mol. The molecule has 1 aromatic carbocycles. The van der Waals surface area contributed by atoms with E-state index in [9.17, 15) is 4.79 Å². The summed E-state index contributed by atoms with van der Waals surface area (Å²) in [6.07, 6.45) is 2.58. The van der Waals surface area contributed by atoms with E-state index in [0.29, 0.717) is 30.5 Å². The van der Waals surface area contributed by atoms with Crippen molar-refractivity contribution in [2.45, 2.75) is 25.0 Å². The number of nitrogens with zero attached hydrogens (tertiary/aromatic N) is 3. The Kier molecular flexibility index (Phi) is 4.37. The topological polar surface area (TPSA) is 73.8 Å². The van der Waals surface area contributed by atoms with Gasteiger partial charge in [0, 0.05) is 38.2 Å². The molecule has 0 saturated carbocycles. The average molecular weight is 341 g/mol. The van der Waals surface area contributed by atoms with Crippen molar-refractivity contribution in [2.24, 2.45) is 0 Å². The molecule has 2 aliphatic heterocycles. The van der Waals surface area contributed by atoms with Crippen molar-refractivity contribution in [1.82, 2.24) is 15.1 Å². The van der Waals surface area contributed by atoms with Gasteiger partial charge in [-0.3, -0.25) is 4.79 Å². The normalized spacial score (nSPS) is 20.2. The van der Waals surface area contributed by atoms with Crippen molar-refractivity contribution in [3.05, 3.63) is 42.6 Å². The number of amides is 1. The van der Waals surface area contributed by atoms with Gasteiger partial charge in [-0.25, -0.2) is 0 Å². The molecule has 0 bridgehead atoms. The highest BCUT2D eigenvalue weighted by atomic mass is 16.6. The number of para-hydroxylation sites is 2. The molecule has 0 radical (unpaired) electrons. The zero-order valence-electron chi connectivity index (χ0n) is 13.7. The summed E-state index contributed by atoms with van der Waals surface area (Å²) in [5.74, 6) is 1.79. The van der Waals surface area contributed by atoms with Crippen LogP contribution in [0, 0.1) is 0 Å². The number of benzene rings is 1. The summed E-state index contributed by atoms with van der Waals surface area (Å²) in [6, 6.07) is 11.0. The maximum absolute atomic E-state index is 12.7. The van der Waals surface area contributed by atoms with E-state index in [1.807, 2.05) is 29.2 Å². The molecule has 0 unspecified atom stereocenters. The first kappa shape index (κ1) is 15.7. The number of carbonyl (C=O) groups excluding carboxylic acids is 1. The van der Waals surface area contributed by atoms with Crippen molar-refractivity contribution in [2.75, 3.05) is 19.7 Å². The Morgan fingerprint density at radius 3 is 2.68 bits per heavy atom. The second-order valence-corrected chi connectivity index (χ2v) is 6.07. The number of aromatic nitrogens is 2. The van der Waals surface area contributed by atoms with Crippen molar-refractivity contribution >= 4 is 5.91 Å². The van der Waals surface area contributed by atoms with Gasteiger partial charge < -0.3 is 19.1 Å². The average Bonchev–Trinajstić information content (AvgIpc) is 2.68. The lowest BCUT2D eigenvalue weighted by Gasteiger charge is -2.35. The van der Waals surface area contributed by atoms with Crippen molar-refractivity contribution in [1.29, 1.82) is 0 Å². The van der Waals surface area contributed by atoms with Crippen LogP contribution in [0.25, 0.3) is 0 Å². The molecule has 130 valence electrons. The first-order valence-corrected chi connectivity index (χ1v) is 8.41. The summed E-state index contributed by atoms with van der Waals surface area (Å²) in [4.78, 5) is 14.5. The molecule has 1 fully saturated rings. The highest BCUT2D eigenvalue weighted by molar-refractivity contribution is 5.82. The Bertz CT molecular complexity index is 732. The first-order valence-electron chi connectivity index (χ1n) is 8.41. The predicted molar refractivity (Wildman–Crippen MR) is 88.6 cm³/mol. The van der Waals surface area contributed by atoms with Gasteiger partial charge >= 0.3 is 0 Å². The van der Waals surface area contributed by atoms with E-state index in [2.05, 4.69) is 10.2 Å². The number of likely N-dealkylation sites (tertiary alicyclic amines) is 1. The molecule has 1 saturated heterocycles. The molecule has 0 aliphatic carbocycles. The molecule has 7 heteroatoms. The zero-order chi connectivity index (χ0) is 17.1. The predicted octanol–water partition coefficient (Wildman–Crippen LogP) is 1.69. The summed E-state index contributed by atoms with van der Waals surface area (Å²) in [7, 11) is 0. The molecule has 2 aliphatic rings. The second-order valence-electron chi connectivity index (χ2n) is 6.07. The van der Waals surface area contributed by atoms with Gasteiger partial charge in [0.15, 0.2) is 11.5 Å². The smallest absolute Gasteiger partial charge is 0.267 e. The Morgan fingerprint density at radius 2 is 1.92 bits per heavy atom. The van der Waals surface area contributed by atoms with E-state index in [1.54, 1.807) is 18.3 Å². The van der Waals surface area contributed by atoms with E-state index in [1.165, 1.54) is 0 Å². The molecule has 1 amide bonds. The van der Waals surface area contributed by atoms with Crippen LogP contribution in [0.1, 0.15) is 12.8 Å². The maximum Gasteiger partial charge on any atom is 0.267 e. The van der Waals surface area contributed by atoms with Crippen LogP contribution in [0.5, 0.6) is 17.4 Å². The van der Waals surface area contributed by atoms with Crippen molar-refractivity contribution < 1.29 is 19.0 Å². The minimum absolute atomic E-state index is 0.0348. The van der Waals surface area contributed by atoms with Gasteiger partial charge in [0.1, 0.15) is 12.7 Å². The fourth-order valence-electron chi connectivity index (χ4n) is 3.06. The zero-order valence-corrected chi connectivity index (χ0v) is 13.7. The molecule has 0 N–H and O–H groups in total. The van der Waals surface area contributed by atoms with Crippen LogP contribution in [-0.4, -0.2) is 52.9 Å². The summed E-state index contributed by atoms with van der Waals surface area (Å²) < 4.78 is 17.2. The van der Waals surface area contributed by atoms with Gasteiger partial charge in [0.05, 0.1) is 0 Å². The monoisotopic (exact) mass is 341 g/mol. The van der Waals surface area contributed by atoms with Gasteiger partial charge in [-0.15, -0.1) is 5.10 Å². The van der Waals surface area contributed by atoms with E-state index < -0.39 is 6.10 Å². The SMILES string of the molecule is O=C([C@H]1COc2ccccc2O1)N1CCC(Oc2cccnn2)CC1. The highest BCUT2D eigenvalue weighted by Gasteiger charge is 2.33. The number of hydrogen-bond donors (Lipinski definition) is 0. The minimum Gasteiger partial charge on any atom is -0.485 e. The lowest BCUT2D eigenvalue weighted by molar-refractivity contribution is -0.143. The molecule has 25 heavy (non-hydrogen) atoms. The van der Waals surface area contributed by atoms with Crippen LogP contribution >= 0.6 is 0 Å². The van der Waals surface area contributed by atoms with Crippen LogP contribution in [0.2, 0.25) is 0 Å². The molecule has 0 spiro atoms. The molecular formula is C18H19N3O4. The maximum atomic E-state index is 12.7. The van der Waals surface area contributed by atoms with Gasteiger partial charge in [-0.2, -0.15) is 5.10 Å². The Balaban J connectivity index is 1.31. The Labute approximate surface area is 145 Å². The lowest BCUT2D eigenvalue weighted by Crippen LogP contribution is -2.50. The molecule has 4 rings (SSSR count). The van der Waals surface area contributed by atoms with Crippen LogP contribution in [0.3, 0.4) is 0 Å². The standard InChI is InChI=1S/C18H19N3O4/c22-18(16-12-23-14-4-1-2-5-15(14)25-16)21-10-7-13(8-11-21)24-17-6-3-9-19-20-17/h1-6,9,13,16H,7-8,10-12H2/t16-/m1/s1. The molecule has 2 aromatic rings. The molecule has 7 nitrogen and oxygen atoms in total. The summed E-state index contributed by atoms with van der Waals surface area (Å²) in [6.45, 7) is 1.50. The second kappa shape index (κ2) is 6.96. The highest BCUT2D eigenvalue weighted by Crippen LogP contribution is 2.31. The third kappa shape index (κ3) is 3.50. The van der Waals surface area contributed by atoms with E-state index in [-0.39, 0.29) is 18.6 Å². The number of carbonyl (C=O) groups is 1. The first-order chi connectivity index (χ1) is 12.3. The lowest BCUT2D eigenvalue weighted by atomic mass is 10.1. The van der Waals surface area contributed by atoms with Crippen LogP contribution < -0.4 is 14.2 Å². The number of fused-ring (bicyclic) bond motifs is 1. The van der Waals surface area contributed by atoms with Crippen LogP contribution in [0.15, 0.2) is 42.6 Å². The summed E-state index contributed by atoms with van der Waals surface area (Å²) >= 11 is 0. The van der Waals surface area contributed by atoms with E-state index in [0.717, 1.165) is 12.8 Å². The minimum atomic E-state index is -0.590. The molecule has 1 atom stereocenters. The molecule has 3 heterocycles. The summed E-state index contributed by atoms with van der Waals surface area (Å²) in [5, 5.41) is 7.74. The van der Waals surface area contributed by atoms with Crippen molar-refractivity contribution in [3.8, 4) is 17.4 Å². The van der Waals surface area contributed by atoms with Gasteiger partial charge in [0.25, 0.3) is 5.91 Å². The number of hydrogen-bond acceptors (Lipinski definition) is 6. The van der Waals surface area contributed by atoms with Crippen molar-refractivity contribution in [3.63, 3.8) is 0 Å². The molecule has 1 aromatic heterocycles. The van der Waals surface area contributed by atoms with Gasteiger partial charge in [-0.05, 0) is 18.2 Å². The van der Waals surface area contributed by atoms with E-state index >= 15 is 0 Å². The third-order valence-electron chi connectivity index (χ3n) is 4.37. The van der Waals surface area contributed by atoms with Crippen LogP contribution in [0.4, 0.5) is 0 Å². The third-order valence-corrected chi connectivity index (χ3v) is 4.37. The van der Waals surface area contributed by atoms with Gasteiger partial charge in [-0.1, -0.05) is 12.1 Å².